The Morgan fingerprint density at radius 2 is 1.11 bits per heavy atom. The van der Waals surface area contributed by atoms with Gasteiger partial charge in [0.05, 0.1) is 0 Å². The molecule has 4 heterocycles. The summed E-state index contributed by atoms with van der Waals surface area (Å²) in [5.74, 6) is 0. The summed E-state index contributed by atoms with van der Waals surface area (Å²) in [6, 6.07) is 0. The quantitative estimate of drug-likeness (QED) is 0.434. The predicted molar refractivity (Wildman–Crippen MR) is 79.2 cm³/mol. The summed E-state index contributed by atoms with van der Waals surface area (Å²) in [7, 11) is 0. The molecule has 4 rings (SSSR count). The SMILES string of the molecule is C1=C[Se]C(=c2oc(=C3[Se]C=C[Se]3)c3nccnc23)[Se]1. The molecule has 0 N–H and O–H groups in total. The molecule has 19 heavy (non-hydrogen) atoms. The monoisotopic (exact) mass is 514 g/mol. The van der Waals surface area contributed by atoms with Crippen molar-refractivity contribution in [2.75, 3.05) is 0 Å². The Morgan fingerprint density at radius 3 is 1.53 bits per heavy atom. The maximum atomic E-state index is 6.22. The van der Waals surface area contributed by atoms with Crippen LogP contribution >= 0.6 is 0 Å². The van der Waals surface area contributed by atoms with E-state index in [-0.39, 0.29) is 0 Å². The second kappa shape index (κ2) is 5.36. The van der Waals surface area contributed by atoms with Crippen molar-refractivity contribution >= 4 is 77.6 Å². The average Bonchev–Trinajstić information content (AvgIpc) is 3.18. The molecule has 0 saturated heterocycles. The van der Waals surface area contributed by atoms with Gasteiger partial charge in [0.15, 0.2) is 0 Å². The van der Waals surface area contributed by atoms with Crippen LogP contribution in [0.4, 0.5) is 0 Å². The number of hydrogen-bond donors (Lipinski definition) is 0. The molecule has 94 valence electrons. The summed E-state index contributed by atoms with van der Waals surface area (Å²) in [5.41, 5.74) is 3.94. The molecular formula is C12H6N2OSe4. The van der Waals surface area contributed by atoms with Gasteiger partial charge in [0.1, 0.15) is 0 Å². The first-order chi connectivity index (χ1) is 9.43. The molecule has 0 unspecified atom stereocenters. The van der Waals surface area contributed by atoms with Crippen molar-refractivity contribution in [2.45, 2.75) is 0 Å². The third kappa shape index (κ3) is 2.25. The summed E-state index contributed by atoms with van der Waals surface area (Å²) in [6.07, 6.45) is 3.53. The van der Waals surface area contributed by atoms with Crippen molar-refractivity contribution in [3.8, 4) is 0 Å². The molecule has 7 heteroatoms. The van der Waals surface area contributed by atoms with Crippen LogP contribution in [0.2, 0.25) is 0 Å². The molecule has 0 fully saturated rings. The Hall–Kier alpha value is -0.0821. The molecule has 0 aromatic carbocycles. The van der Waals surface area contributed by atoms with E-state index < -0.39 is 0 Å². The fourth-order valence-corrected chi connectivity index (χ4v) is 11.6. The van der Waals surface area contributed by atoms with Gasteiger partial charge in [-0.1, -0.05) is 0 Å². The van der Waals surface area contributed by atoms with E-state index >= 15 is 0 Å². The fourth-order valence-electron chi connectivity index (χ4n) is 1.77. The topological polar surface area (TPSA) is 38.9 Å². The maximum absolute atomic E-state index is 6.22. The van der Waals surface area contributed by atoms with E-state index in [4.69, 9.17) is 4.42 Å². The summed E-state index contributed by atoms with van der Waals surface area (Å²) in [6.45, 7) is 0. The Bertz CT molecular complexity index is 749. The molecule has 2 aromatic rings. The van der Waals surface area contributed by atoms with Gasteiger partial charge in [-0.3, -0.25) is 0 Å². The average molecular weight is 510 g/mol. The summed E-state index contributed by atoms with van der Waals surface area (Å²) in [5, 5.41) is 0. The third-order valence-electron chi connectivity index (χ3n) is 2.51. The van der Waals surface area contributed by atoms with Crippen LogP contribution in [0.25, 0.3) is 17.8 Å². The zero-order valence-electron chi connectivity index (χ0n) is 9.40. The molecular weight excluding hydrogens is 504 g/mol. The van der Waals surface area contributed by atoms with Crippen LogP contribution in [0.1, 0.15) is 0 Å². The normalized spacial score (nSPS) is 18.1. The predicted octanol–water partition coefficient (Wildman–Crippen LogP) is -0.859. The number of fused-ring (bicyclic) bond motifs is 1. The van der Waals surface area contributed by atoms with Gasteiger partial charge < -0.3 is 0 Å². The van der Waals surface area contributed by atoms with E-state index in [1.54, 1.807) is 12.4 Å². The van der Waals surface area contributed by atoms with Crippen molar-refractivity contribution in [1.29, 1.82) is 0 Å². The number of aromatic nitrogens is 2. The molecule has 3 nitrogen and oxygen atoms in total. The number of rotatable bonds is 0. The van der Waals surface area contributed by atoms with Gasteiger partial charge in [-0.15, -0.1) is 0 Å². The van der Waals surface area contributed by atoms with Gasteiger partial charge in [0.25, 0.3) is 0 Å². The van der Waals surface area contributed by atoms with Crippen LogP contribution in [0, 0.1) is 0 Å². The zero-order chi connectivity index (χ0) is 12.7. The van der Waals surface area contributed by atoms with Crippen LogP contribution in [-0.2, 0) is 0 Å². The van der Waals surface area contributed by atoms with E-state index in [2.05, 4.69) is 29.9 Å². The van der Waals surface area contributed by atoms with Gasteiger partial charge in [-0.05, 0) is 0 Å². The Labute approximate surface area is 134 Å². The Kier molecular flexibility index (Phi) is 3.57. The van der Waals surface area contributed by atoms with Crippen molar-refractivity contribution in [1.82, 2.24) is 9.97 Å². The molecule has 0 bridgehead atoms. The van der Waals surface area contributed by atoms with Gasteiger partial charge >= 0.3 is 135 Å². The molecule has 2 aliphatic rings. The van der Waals surface area contributed by atoms with E-state index in [0.29, 0.717) is 59.8 Å². The first-order valence-electron chi connectivity index (χ1n) is 5.38. The van der Waals surface area contributed by atoms with Gasteiger partial charge in [0, 0.05) is 0 Å². The summed E-state index contributed by atoms with van der Waals surface area (Å²) < 4.78 is 9.11. The second-order valence-electron chi connectivity index (χ2n) is 3.60. The minimum atomic E-state index is 0.439. The van der Waals surface area contributed by atoms with Crippen LogP contribution in [0.15, 0.2) is 36.7 Å². The fraction of sp³-hybridized carbons (Fsp3) is 0. The van der Waals surface area contributed by atoms with Crippen LogP contribution < -0.4 is 10.8 Å². The number of nitrogens with zero attached hydrogens (tertiary/aromatic N) is 2. The number of furan rings is 1. The Morgan fingerprint density at radius 1 is 0.684 bits per heavy atom. The third-order valence-corrected chi connectivity index (χ3v) is 14.1. The van der Waals surface area contributed by atoms with Crippen molar-refractivity contribution < 1.29 is 4.42 Å². The first-order valence-corrected chi connectivity index (χ1v) is 12.8. The summed E-state index contributed by atoms with van der Waals surface area (Å²) in [4.78, 5) is 18.2. The van der Waals surface area contributed by atoms with Crippen molar-refractivity contribution in [3.05, 3.63) is 43.1 Å². The van der Waals surface area contributed by atoms with Gasteiger partial charge in [-0.25, -0.2) is 0 Å². The molecule has 0 radical (unpaired) electrons. The van der Waals surface area contributed by atoms with Crippen molar-refractivity contribution in [3.63, 3.8) is 0 Å². The van der Waals surface area contributed by atoms with E-state index in [9.17, 15) is 0 Å². The molecule has 2 aliphatic heterocycles. The van der Waals surface area contributed by atoms with E-state index in [1.807, 2.05) is 0 Å². The number of hydrogen-bond acceptors (Lipinski definition) is 3. The molecule has 2 aromatic heterocycles. The Balaban J connectivity index is 2.12. The van der Waals surface area contributed by atoms with Gasteiger partial charge in [-0.2, -0.15) is 0 Å². The zero-order valence-corrected chi connectivity index (χ0v) is 16.3. The molecule has 0 spiro atoms. The van der Waals surface area contributed by atoms with Crippen LogP contribution in [0.5, 0.6) is 0 Å². The molecule has 0 amide bonds. The van der Waals surface area contributed by atoms with Crippen LogP contribution in [-0.4, -0.2) is 69.8 Å². The van der Waals surface area contributed by atoms with Crippen LogP contribution in [0.3, 0.4) is 0 Å². The van der Waals surface area contributed by atoms with Gasteiger partial charge in [0.2, 0.25) is 0 Å². The standard InChI is InChI=1S/C12H6N2OSe4/c1-2-14-8-7(13-1)9(11-16-3-4-17-11)15-10(8)12-18-5-6-19-12/h1-6H. The van der Waals surface area contributed by atoms with Crippen molar-refractivity contribution in [2.24, 2.45) is 0 Å². The molecule has 0 atom stereocenters. The minimum absolute atomic E-state index is 0.439. The van der Waals surface area contributed by atoms with E-state index in [1.165, 1.54) is 6.74 Å². The second-order valence-corrected chi connectivity index (χ2v) is 13.9. The first kappa shape index (κ1) is 12.6. The molecule has 0 aliphatic carbocycles. The van der Waals surface area contributed by atoms with E-state index in [0.717, 1.165) is 21.9 Å². The summed E-state index contributed by atoms with van der Waals surface area (Å²) >= 11 is 1.76. The molecule has 0 saturated carbocycles.